The highest BCUT2D eigenvalue weighted by molar-refractivity contribution is 7.18. The average molecular weight is 375 g/mol. The number of methoxy groups -OCH3 is 1. The zero-order chi connectivity index (χ0) is 18.6. The smallest absolute Gasteiger partial charge is 0.163 e. The van der Waals surface area contributed by atoms with Crippen molar-refractivity contribution in [1.29, 1.82) is 0 Å². The number of aromatic nitrogens is 2. The molecule has 2 aromatic heterocycles. The molecule has 1 N–H and O–H groups in total. The predicted molar refractivity (Wildman–Crippen MR) is 113 cm³/mol. The third-order valence-corrected chi connectivity index (χ3v) is 5.64. The molecule has 0 amide bonds. The van der Waals surface area contributed by atoms with Gasteiger partial charge >= 0.3 is 0 Å². The SMILES string of the molecule is CCc1cc2c(NCc3ccccc3OC)nc(-c3ccccc3)nc2s1. The van der Waals surface area contributed by atoms with Gasteiger partial charge in [-0.15, -0.1) is 11.3 Å². The van der Waals surface area contributed by atoms with Crippen LogP contribution in [0, 0.1) is 0 Å². The molecule has 0 aliphatic rings. The van der Waals surface area contributed by atoms with Crippen molar-refractivity contribution in [2.75, 3.05) is 12.4 Å². The topological polar surface area (TPSA) is 47.0 Å². The van der Waals surface area contributed by atoms with Gasteiger partial charge in [-0.2, -0.15) is 0 Å². The molecule has 0 bridgehead atoms. The lowest BCUT2D eigenvalue weighted by Crippen LogP contribution is -2.04. The molecule has 0 aliphatic carbocycles. The van der Waals surface area contributed by atoms with Gasteiger partial charge < -0.3 is 10.1 Å². The molecule has 27 heavy (non-hydrogen) atoms. The molecule has 0 aliphatic heterocycles. The van der Waals surface area contributed by atoms with E-state index in [1.54, 1.807) is 18.4 Å². The van der Waals surface area contributed by atoms with Crippen LogP contribution in [-0.4, -0.2) is 17.1 Å². The van der Waals surface area contributed by atoms with Crippen LogP contribution < -0.4 is 10.1 Å². The Kier molecular flexibility index (Phi) is 5.03. The van der Waals surface area contributed by atoms with Crippen molar-refractivity contribution >= 4 is 27.4 Å². The molecule has 0 fully saturated rings. The monoisotopic (exact) mass is 375 g/mol. The van der Waals surface area contributed by atoms with E-state index in [0.29, 0.717) is 6.54 Å². The molecule has 4 nitrogen and oxygen atoms in total. The van der Waals surface area contributed by atoms with Crippen molar-refractivity contribution in [3.05, 3.63) is 71.1 Å². The zero-order valence-corrected chi connectivity index (χ0v) is 16.2. The summed E-state index contributed by atoms with van der Waals surface area (Å²) in [7, 11) is 1.70. The summed E-state index contributed by atoms with van der Waals surface area (Å²) in [4.78, 5) is 12.0. The van der Waals surface area contributed by atoms with Crippen molar-refractivity contribution in [3.63, 3.8) is 0 Å². The van der Waals surface area contributed by atoms with E-state index >= 15 is 0 Å². The van der Waals surface area contributed by atoms with Crippen LogP contribution >= 0.6 is 11.3 Å². The van der Waals surface area contributed by atoms with Crippen LogP contribution in [0.15, 0.2) is 60.7 Å². The van der Waals surface area contributed by atoms with Gasteiger partial charge in [0.2, 0.25) is 0 Å². The van der Waals surface area contributed by atoms with Crippen LogP contribution in [0.2, 0.25) is 0 Å². The van der Waals surface area contributed by atoms with Crippen LogP contribution in [0.3, 0.4) is 0 Å². The van der Waals surface area contributed by atoms with E-state index in [2.05, 4.69) is 24.4 Å². The maximum absolute atomic E-state index is 5.47. The first kappa shape index (κ1) is 17.5. The normalized spacial score (nSPS) is 10.9. The first-order valence-electron chi connectivity index (χ1n) is 9.00. The number of ether oxygens (including phenoxy) is 1. The van der Waals surface area contributed by atoms with Crippen LogP contribution in [0.5, 0.6) is 5.75 Å². The molecule has 0 saturated carbocycles. The number of benzene rings is 2. The summed E-state index contributed by atoms with van der Waals surface area (Å²) in [5, 5.41) is 4.58. The molecule has 0 spiro atoms. The van der Waals surface area contributed by atoms with Gasteiger partial charge in [0.25, 0.3) is 0 Å². The number of hydrogen-bond donors (Lipinski definition) is 1. The Morgan fingerprint density at radius 3 is 2.56 bits per heavy atom. The van der Waals surface area contributed by atoms with Crippen molar-refractivity contribution in [1.82, 2.24) is 9.97 Å². The van der Waals surface area contributed by atoms with Crippen LogP contribution in [0.4, 0.5) is 5.82 Å². The molecule has 2 aromatic carbocycles. The van der Waals surface area contributed by atoms with Crippen LogP contribution in [0.1, 0.15) is 17.4 Å². The summed E-state index contributed by atoms with van der Waals surface area (Å²) in [6, 6.07) is 20.3. The van der Waals surface area contributed by atoms with E-state index < -0.39 is 0 Å². The molecule has 0 radical (unpaired) electrons. The van der Waals surface area contributed by atoms with Gasteiger partial charge in [-0.25, -0.2) is 9.97 Å². The van der Waals surface area contributed by atoms with Crippen LogP contribution in [0.25, 0.3) is 21.6 Å². The van der Waals surface area contributed by atoms with Crippen LogP contribution in [-0.2, 0) is 13.0 Å². The number of fused-ring (bicyclic) bond motifs is 1. The lowest BCUT2D eigenvalue weighted by molar-refractivity contribution is 0.410. The molecule has 0 unspecified atom stereocenters. The Balaban J connectivity index is 1.74. The van der Waals surface area contributed by atoms with Gasteiger partial charge in [0, 0.05) is 22.5 Å². The molecule has 2 heterocycles. The summed E-state index contributed by atoms with van der Waals surface area (Å²) in [5.41, 5.74) is 2.12. The van der Waals surface area contributed by atoms with E-state index in [-0.39, 0.29) is 0 Å². The number of nitrogens with zero attached hydrogens (tertiary/aromatic N) is 2. The highest BCUT2D eigenvalue weighted by atomic mass is 32.1. The second kappa shape index (κ2) is 7.76. The zero-order valence-electron chi connectivity index (χ0n) is 15.4. The second-order valence-corrected chi connectivity index (χ2v) is 7.33. The maximum atomic E-state index is 5.47. The van der Waals surface area contributed by atoms with Crippen molar-refractivity contribution < 1.29 is 4.74 Å². The summed E-state index contributed by atoms with van der Waals surface area (Å²) in [6.45, 7) is 2.81. The molecular weight excluding hydrogens is 354 g/mol. The fourth-order valence-electron chi connectivity index (χ4n) is 3.02. The quantitative estimate of drug-likeness (QED) is 0.480. The van der Waals surface area contributed by atoms with E-state index in [9.17, 15) is 0 Å². The van der Waals surface area contributed by atoms with Gasteiger partial charge in [-0.1, -0.05) is 55.5 Å². The number of rotatable bonds is 6. The third-order valence-electron chi connectivity index (χ3n) is 4.46. The van der Waals surface area contributed by atoms with E-state index in [4.69, 9.17) is 14.7 Å². The largest absolute Gasteiger partial charge is 0.496 e. The minimum Gasteiger partial charge on any atom is -0.496 e. The molecule has 136 valence electrons. The Hall–Kier alpha value is -2.92. The summed E-state index contributed by atoms with van der Waals surface area (Å²) < 4.78 is 5.47. The standard InChI is InChI=1S/C22H21N3OS/c1-3-17-13-18-21(23-14-16-11-7-8-12-19(16)26-2)24-20(25-22(18)27-17)15-9-5-4-6-10-15/h4-13H,3,14H2,1-2H3,(H,23,24,25). The molecule has 0 saturated heterocycles. The predicted octanol–water partition coefficient (Wildman–Crippen LogP) is 5.54. The molecule has 5 heteroatoms. The number of thiophene rings is 1. The van der Waals surface area contributed by atoms with Gasteiger partial charge in [-0.3, -0.25) is 0 Å². The van der Waals surface area contributed by atoms with Gasteiger partial charge in [-0.05, 0) is 18.6 Å². The summed E-state index contributed by atoms with van der Waals surface area (Å²) in [6.07, 6.45) is 0.994. The number of anilines is 1. The summed E-state index contributed by atoms with van der Waals surface area (Å²) >= 11 is 1.73. The van der Waals surface area contributed by atoms with E-state index in [0.717, 1.165) is 45.2 Å². The average Bonchev–Trinajstić information content (AvgIpc) is 3.16. The number of hydrogen-bond acceptors (Lipinski definition) is 5. The second-order valence-electron chi connectivity index (χ2n) is 6.21. The van der Waals surface area contributed by atoms with Gasteiger partial charge in [0.05, 0.1) is 12.5 Å². The number of aryl methyl sites for hydroxylation is 1. The maximum Gasteiger partial charge on any atom is 0.163 e. The highest BCUT2D eigenvalue weighted by Crippen LogP contribution is 2.32. The van der Waals surface area contributed by atoms with Crippen molar-refractivity contribution in [2.45, 2.75) is 19.9 Å². The van der Waals surface area contributed by atoms with Crippen molar-refractivity contribution in [2.24, 2.45) is 0 Å². The fraction of sp³-hybridized carbons (Fsp3) is 0.182. The Morgan fingerprint density at radius 1 is 1.00 bits per heavy atom. The number of para-hydroxylation sites is 1. The highest BCUT2D eigenvalue weighted by Gasteiger charge is 2.13. The van der Waals surface area contributed by atoms with E-state index in [1.807, 2.05) is 48.5 Å². The first-order chi connectivity index (χ1) is 13.3. The Morgan fingerprint density at radius 2 is 1.78 bits per heavy atom. The van der Waals surface area contributed by atoms with Crippen molar-refractivity contribution in [3.8, 4) is 17.1 Å². The summed E-state index contributed by atoms with van der Waals surface area (Å²) in [5.74, 6) is 2.48. The molecule has 0 atom stereocenters. The number of nitrogens with one attached hydrogen (secondary N) is 1. The third kappa shape index (κ3) is 3.64. The lowest BCUT2D eigenvalue weighted by atomic mass is 10.2. The Labute approximate surface area is 162 Å². The first-order valence-corrected chi connectivity index (χ1v) is 9.81. The van der Waals surface area contributed by atoms with Gasteiger partial charge in [0.1, 0.15) is 16.4 Å². The fourth-order valence-corrected chi connectivity index (χ4v) is 3.99. The van der Waals surface area contributed by atoms with E-state index in [1.165, 1.54) is 4.88 Å². The molecule has 4 aromatic rings. The molecular formula is C22H21N3OS. The lowest BCUT2D eigenvalue weighted by Gasteiger charge is -2.11. The minimum absolute atomic E-state index is 0.641. The minimum atomic E-state index is 0.641. The van der Waals surface area contributed by atoms with Gasteiger partial charge in [0.15, 0.2) is 5.82 Å². The molecule has 4 rings (SSSR count). The Bertz CT molecular complexity index is 1060.